The Morgan fingerprint density at radius 1 is 1.00 bits per heavy atom. The first-order chi connectivity index (χ1) is 12.6. The van der Waals surface area contributed by atoms with Crippen LogP contribution in [-0.2, 0) is 6.54 Å². The van der Waals surface area contributed by atoms with E-state index >= 15 is 0 Å². The molecule has 2 aromatic rings. The van der Waals surface area contributed by atoms with Crippen LogP contribution >= 0.6 is 0 Å². The van der Waals surface area contributed by atoms with E-state index in [0.29, 0.717) is 0 Å². The Labute approximate surface area is 155 Å². The van der Waals surface area contributed by atoms with Gasteiger partial charge in [-0.1, -0.05) is 43.3 Å². The molecular formula is C22H27FN2O. The molecule has 138 valence electrons. The molecule has 0 aliphatic carbocycles. The minimum atomic E-state index is -0.524. The van der Waals surface area contributed by atoms with Crippen LogP contribution < -0.4 is 0 Å². The monoisotopic (exact) mass is 354 g/mol. The van der Waals surface area contributed by atoms with Crippen molar-refractivity contribution < 1.29 is 9.50 Å². The molecule has 1 N–H and O–H groups in total. The Kier molecular flexibility index (Phi) is 4.96. The third-order valence-electron chi connectivity index (χ3n) is 5.96. The molecule has 2 aliphatic heterocycles. The molecule has 0 bridgehead atoms. The number of phenols is 1. The number of aromatic hydroxyl groups is 1. The van der Waals surface area contributed by atoms with Crippen molar-refractivity contribution in [1.82, 2.24) is 9.80 Å². The average Bonchev–Trinajstić information content (AvgIpc) is 3.16. The van der Waals surface area contributed by atoms with Gasteiger partial charge in [-0.2, -0.15) is 0 Å². The van der Waals surface area contributed by atoms with Gasteiger partial charge >= 0.3 is 0 Å². The zero-order valence-corrected chi connectivity index (χ0v) is 15.3. The maximum Gasteiger partial charge on any atom is 0.165 e. The van der Waals surface area contributed by atoms with Gasteiger partial charge in [0.2, 0.25) is 0 Å². The number of hydrogen-bond donors (Lipinski definition) is 1. The molecule has 2 heterocycles. The Balaban J connectivity index is 1.29. The van der Waals surface area contributed by atoms with Crippen LogP contribution in [0.4, 0.5) is 4.39 Å². The number of nitrogens with zero attached hydrogens (tertiary/aromatic N) is 2. The van der Waals surface area contributed by atoms with Crippen LogP contribution in [0.5, 0.6) is 5.75 Å². The fourth-order valence-corrected chi connectivity index (χ4v) is 4.63. The van der Waals surface area contributed by atoms with Crippen molar-refractivity contribution in [2.45, 2.75) is 19.4 Å². The van der Waals surface area contributed by atoms with Gasteiger partial charge in [-0.05, 0) is 41.0 Å². The number of hydrogen-bond acceptors (Lipinski definition) is 3. The molecule has 4 heteroatoms. The topological polar surface area (TPSA) is 26.7 Å². The van der Waals surface area contributed by atoms with Gasteiger partial charge in [0.25, 0.3) is 0 Å². The molecule has 2 fully saturated rings. The lowest BCUT2D eigenvalue weighted by atomic mass is 10.0. The lowest BCUT2D eigenvalue weighted by Crippen LogP contribution is -2.31. The number of phenolic OH excluding ortho intramolecular Hbond substituents is 1. The van der Waals surface area contributed by atoms with E-state index in [2.05, 4.69) is 47.1 Å². The van der Waals surface area contributed by atoms with E-state index < -0.39 is 5.82 Å². The van der Waals surface area contributed by atoms with Crippen molar-refractivity contribution >= 4 is 0 Å². The van der Waals surface area contributed by atoms with Gasteiger partial charge in [0, 0.05) is 39.3 Å². The fourth-order valence-electron chi connectivity index (χ4n) is 4.63. The maximum absolute atomic E-state index is 13.6. The second kappa shape index (κ2) is 7.37. The molecule has 3 nitrogen and oxygen atoms in total. The Bertz CT molecular complexity index is 737. The summed E-state index contributed by atoms with van der Waals surface area (Å²) in [4.78, 5) is 5.12. The van der Waals surface area contributed by atoms with Crippen LogP contribution in [0.1, 0.15) is 24.0 Å². The standard InChI is InChI=1S/C22H27FN2O/c1-16(18-7-8-22(26)21(23)9-18)10-24-12-19-14-25(15-20(19)13-24)11-17-5-3-2-4-6-17/h2-9,16,19-20,26H,10-15H2,1H3/t16?,19-,20+. The second-order valence-electron chi connectivity index (χ2n) is 8.03. The lowest BCUT2D eigenvalue weighted by molar-refractivity contribution is 0.244. The van der Waals surface area contributed by atoms with E-state index in [1.807, 2.05) is 6.07 Å². The van der Waals surface area contributed by atoms with Gasteiger partial charge in [0.1, 0.15) is 0 Å². The van der Waals surface area contributed by atoms with Gasteiger partial charge in [-0.3, -0.25) is 4.90 Å². The summed E-state index contributed by atoms with van der Waals surface area (Å²) in [6, 6.07) is 15.5. The van der Waals surface area contributed by atoms with Crippen molar-refractivity contribution in [2.75, 3.05) is 32.7 Å². The Morgan fingerprint density at radius 2 is 1.65 bits per heavy atom. The first kappa shape index (κ1) is 17.5. The van der Waals surface area contributed by atoms with Gasteiger partial charge < -0.3 is 10.0 Å². The van der Waals surface area contributed by atoms with Crippen molar-refractivity contribution in [3.05, 3.63) is 65.5 Å². The summed E-state index contributed by atoms with van der Waals surface area (Å²) in [6.45, 7) is 8.78. The third kappa shape index (κ3) is 3.76. The molecule has 0 radical (unpaired) electrons. The minimum absolute atomic E-state index is 0.268. The van der Waals surface area contributed by atoms with E-state index in [9.17, 15) is 9.50 Å². The van der Waals surface area contributed by atoms with Crippen LogP contribution in [0.2, 0.25) is 0 Å². The number of likely N-dealkylation sites (tertiary alicyclic amines) is 2. The van der Waals surface area contributed by atoms with E-state index in [0.717, 1.165) is 43.6 Å². The molecule has 2 saturated heterocycles. The Morgan fingerprint density at radius 3 is 2.31 bits per heavy atom. The molecule has 3 atom stereocenters. The van der Waals surface area contributed by atoms with Crippen LogP contribution in [-0.4, -0.2) is 47.6 Å². The summed E-state index contributed by atoms with van der Waals surface area (Å²) in [7, 11) is 0. The molecule has 4 rings (SSSR count). The summed E-state index contributed by atoms with van der Waals surface area (Å²) >= 11 is 0. The maximum atomic E-state index is 13.6. The van der Waals surface area contributed by atoms with Gasteiger partial charge in [-0.25, -0.2) is 4.39 Å². The molecular weight excluding hydrogens is 327 g/mol. The van der Waals surface area contributed by atoms with Crippen molar-refractivity contribution in [3.63, 3.8) is 0 Å². The smallest absolute Gasteiger partial charge is 0.165 e. The normalized spacial score (nSPS) is 24.7. The first-order valence-electron chi connectivity index (χ1n) is 9.55. The predicted octanol–water partition coefficient (Wildman–Crippen LogP) is 3.70. The van der Waals surface area contributed by atoms with Crippen LogP contribution in [0, 0.1) is 17.7 Å². The number of benzene rings is 2. The molecule has 1 unspecified atom stereocenters. The van der Waals surface area contributed by atoms with E-state index in [1.54, 1.807) is 0 Å². The van der Waals surface area contributed by atoms with E-state index in [-0.39, 0.29) is 11.7 Å². The van der Waals surface area contributed by atoms with Crippen molar-refractivity contribution in [1.29, 1.82) is 0 Å². The summed E-state index contributed by atoms with van der Waals surface area (Å²) in [5, 5.41) is 9.36. The van der Waals surface area contributed by atoms with Crippen LogP contribution in [0.15, 0.2) is 48.5 Å². The molecule has 26 heavy (non-hydrogen) atoms. The van der Waals surface area contributed by atoms with Crippen molar-refractivity contribution in [2.24, 2.45) is 11.8 Å². The largest absolute Gasteiger partial charge is 0.505 e. The van der Waals surface area contributed by atoms with E-state index in [1.165, 1.54) is 30.8 Å². The zero-order valence-electron chi connectivity index (χ0n) is 15.3. The van der Waals surface area contributed by atoms with Crippen molar-refractivity contribution in [3.8, 4) is 5.75 Å². The predicted molar refractivity (Wildman–Crippen MR) is 102 cm³/mol. The van der Waals surface area contributed by atoms with Gasteiger partial charge in [0.15, 0.2) is 11.6 Å². The number of fused-ring (bicyclic) bond motifs is 1. The Hall–Kier alpha value is -1.91. The molecule has 0 spiro atoms. The highest BCUT2D eigenvalue weighted by Gasteiger charge is 2.39. The first-order valence-corrected chi connectivity index (χ1v) is 9.55. The summed E-state index contributed by atoms with van der Waals surface area (Å²) in [5.74, 6) is 0.980. The summed E-state index contributed by atoms with van der Waals surface area (Å²) < 4.78 is 13.6. The molecule has 2 aromatic carbocycles. The lowest BCUT2D eigenvalue weighted by Gasteiger charge is -2.24. The molecule has 2 aliphatic rings. The van der Waals surface area contributed by atoms with Crippen LogP contribution in [0.3, 0.4) is 0 Å². The highest BCUT2D eigenvalue weighted by molar-refractivity contribution is 5.30. The highest BCUT2D eigenvalue weighted by atomic mass is 19.1. The summed E-state index contributed by atoms with van der Waals surface area (Å²) in [5.41, 5.74) is 2.36. The zero-order chi connectivity index (χ0) is 18.1. The number of rotatable bonds is 5. The number of halogens is 1. The SMILES string of the molecule is CC(CN1C[C@H]2CN(Cc3ccccc3)C[C@H]2C1)c1ccc(O)c(F)c1. The third-order valence-corrected chi connectivity index (χ3v) is 5.96. The molecule has 0 saturated carbocycles. The quantitative estimate of drug-likeness (QED) is 0.887. The molecule has 0 amide bonds. The average molecular weight is 354 g/mol. The van der Waals surface area contributed by atoms with Crippen LogP contribution in [0.25, 0.3) is 0 Å². The molecule has 0 aromatic heterocycles. The van der Waals surface area contributed by atoms with Gasteiger partial charge in [0.05, 0.1) is 0 Å². The minimum Gasteiger partial charge on any atom is -0.505 e. The highest BCUT2D eigenvalue weighted by Crippen LogP contribution is 2.33. The van der Waals surface area contributed by atoms with Gasteiger partial charge in [-0.15, -0.1) is 0 Å². The fraction of sp³-hybridized carbons (Fsp3) is 0.455. The summed E-state index contributed by atoms with van der Waals surface area (Å²) in [6.07, 6.45) is 0. The van der Waals surface area contributed by atoms with E-state index in [4.69, 9.17) is 0 Å². The second-order valence-corrected chi connectivity index (χ2v) is 8.03.